The first-order chi connectivity index (χ1) is 8.83. The zero-order valence-electron chi connectivity index (χ0n) is 10.1. The number of rotatable bonds is 6. The molecule has 5 nitrogen and oxygen atoms in total. The zero-order chi connectivity index (χ0) is 12.8. The van der Waals surface area contributed by atoms with Gasteiger partial charge in [-0.05, 0) is 37.2 Å². The lowest BCUT2D eigenvalue weighted by molar-refractivity contribution is 0.414. The Morgan fingerprint density at radius 2 is 2.06 bits per heavy atom. The highest BCUT2D eigenvalue weighted by molar-refractivity contribution is 7.99. The maximum Gasteiger partial charge on any atom is 0.276 e. The molecule has 1 heterocycles. The molecule has 0 fully saturated rings. The van der Waals surface area contributed by atoms with Gasteiger partial charge in [0.15, 0.2) is 0 Å². The number of hydrogen-bond acceptors (Lipinski definition) is 6. The Balaban J connectivity index is 2.04. The summed E-state index contributed by atoms with van der Waals surface area (Å²) in [7, 11) is 1.63. The fraction of sp³-hybridized carbons (Fsp3) is 0.333. The summed E-state index contributed by atoms with van der Waals surface area (Å²) in [6, 6.07) is 7.50. The standard InChI is InChI=1S/C12H15N3O2S/c1-16-10-5-3-9(4-6-10)11-14-15-12(17-11)18-8-2-7-13/h3-6H,2,7-8,13H2,1H3. The molecule has 6 heteroatoms. The van der Waals surface area contributed by atoms with E-state index in [-0.39, 0.29) is 0 Å². The second-order valence-corrected chi connectivity index (χ2v) is 4.64. The Kier molecular flexibility index (Phi) is 4.60. The molecule has 0 aliphatic rings. The third-order valence-corrected chi connectivity index (χ3v) is 3.22. The highest BCUT2D eigenvalue weighted by Crippen LogP contribution is 2.24. The van der Waals surface area contributed by atoms with E-state index in [4.69, 9.17) is 14.9 Å². The molecule has 0 saturated heterocycles. The number of benzene rings is 1. The first kappa shape index (κ1) is 12.9. The van der Waals surface area contributed by atoms with E-state index in [1.165, 1.54) is 11.8 Å². The van der Waals surface area contributed by atoms with Gasteiger partial charge >= 0.3 is 0 Å². The van der Waals surface area contributed by atoms with Crippen LogP contribution in [0.2, 0.25) is 0 Å². The molecule has 0 atom stereocenters. The van der Waals surface area contributed by atoms with Gasteiger partial charge in [0.1, 0.15) is 5.75 Å². The predicted molar refractivity (Wildman–Crippen MR) is 70.7 cm³/mol. The number of nitrogens with two attached hydrogens (primary N) is 1. The molecule has 2 rings (SSSR count). The van der Waals surface area contributed by atoms with Crippen LogP contribution >= 0.6 is 11.8 Å². The Hall–Kier alpha value is -1.53. The summed E-state index contributed by atoms with van der Waals surface area (Å²) in [6.07, 6.45) is 0.935. The summed E-state index contributed by atoms with van der Waals surface area (Å²) in [5.74, 6) is 2.21. The highest BCUT2D eigenvalue weighted by Gasteiger charge is 2.08. The molecule has 1 aromatic heterocycles. The van der Waals surface area contributed by atoms with Crippen molar-refractivity contribution in [2.75, 3.05) is 19.4 Å². The van der Waals surface area contributed by atoms with Gasteiger partial charge in [0.25, 0.3) is 5.22 Å². The number of aromatic nitrogens is 2. The van der Waals surface area contributed by atoms with Crippen LogP contribution in [0.1, 0.15) is 6.42 Å². The van der Waals surface area contributed by atoms with Crippen molar-refractivity contribution in [2.24, 2.45) is 5.73 Å². The third-order valence-electron chi connectivity index (χ3n) is 2.32. The molecule has 0 amide bonds. The van der Waals surface area contributed by atoms with E-state index < -0.39 is 0 Å². The Morgan fingerprint density at radius 3 is 2.72 bits per heavy atom. The van der Waals surface area contributed by atoms with Crippen LogP contribution in [-0.4, -0.2) is 29.6 Å². The Labute approximate surface area is 110 Å². The SMILES string of the molecule is COc1ccc(-c2nnc(SCCCN)o2)cc1. The molecule has 0 bridgehead atoms. The number of nitrogens with zero attached hydrogens (tertiary/aromatic N) is 2. The Bertz CT molecular complexity index is 484. The lowest BCUT2D eigenvalue weighted by Gasteiger charge is -1.99. The van der Waals surface area contributed by atoms with Gasteiger partial charge in [0, 0.05) is 11.3 Å². The summed E-state index contributed by atoms with van der Waals surface area (Å²) in [5, 5.41) is 8.57. The first-order valence-electron chi connectivity index (χ1n) is 5.64. The van der Waals surface area contributed by atoms with E-state index in [0.717, 1.165) is 23.5 Å². The minimum atomic E-state index is 0.521. The minimum absolute atomic E-state index is 0.521. The fourth-order valence-electron chi connectivity index (χ4n) is 1.36. The van der Waals surface area contributed by atoms with Crippen molar-refractivity contribution in [1.29, 1.82) is 0 Å². The first-order valence-corrected chi connectivity index (χ1v) is 6.63. The van der Waals surface area contributed by atoms with Crippen molar-refractivity contribution in [1.82, 2.24) is 10.2 Å². The number of thioether (sulfide) groups is 1. The van der Waals surface area contributed by atoms with Gasteiger partial charge in [-0.15, -0.1) is 10.2 Å². The summed E-state index contributed by atoms with van der Waals surface area (Å²) in [5.41, 5.74) is 6.31. The average molecular weight is 265 g/mol. The number of ether oxygens (including phenoxy) is 1. The minimum Gasteiger partial charge on any atom is -0.497 e. The molecule has 0 aliphatic heterocycles. The van der Waals surface area contributed by atoms with Gasteiger partial charge < -0.3 is 14.9 Å². The Morgan fingerprint density at radius 1 is 1.28 bits per heavy atom. The topological polar surface area (TPSA) is 74.2 Å². The van der Waals surface area contributed by atoms with Gasteiger partial charge in [0.05, 0.1) is 7.11 Å². The second kappa shape index (κ2) is 6.42. The molecule has 2 aromatic rings. The van der Waals surface area contributed by atoms with E-state index in [0.29, 0.717) is 17.7 Å². The van der Waals surface area contributed by atoms with Gasteiger partial charge in [-0.1, -0.05) is 11.8 Å². The summed E-state index contributed by atoms with van der Waals surface area (Å²) in [4.78, 5) is 0. The lowest BCUT2D eigenvalue weighted by Crippen LogP contribution is -1.99. The smallest absolute Gasteiger partial charge is 0.276 e. The van der Waals surface area contributed by atoms with Gasteiger partial charge in [0.2, 0.25) is 5.89 Å². The van der Waals surface area contributed by atoms with E-state index in [2.05, 4.69) is 10.2 Å². The molecule has 0 aliphatic carbocycles. The van der Waals surface area contributed by atoms with E-state index >= 15 is 0 Å². The highest BCUT2D eigenvalue weighted by atomic mass is 32.2. The fourth-order valence-corrected chi connectivity index (χ4v) is 2.08. The van der Waals surface area contributed by atoms with Crippen LogP contribution in [0, 0.1) is 0 Å². The molecule has 0 spiro atoms. The lowest BCUT2D eigenvalue weighted by atomic mass is 10.2. The molecular formula is C12H15N3O2S. The van der Waals surface area contributed by atoms with Crippen LogP contribution in [0.3, 0.4) is 0 Å². The van der Waals surface area contributed by atoms with Crippen LogP contribution in [0.15, 0.2) is 33.9 Å². The van der Waals surface area contributed by atoms with E-state index in [9.17, 15) is 0 Å². The molecule has 0 unspecified atom stereocenters. The average Bonchev–Trinajstić information content (AvgIpc) is 2.88. The van der Waals surface area contributed by atoms with E-state index in [1.807, 2.05) is 24.3 Å². The van der Waals surface area contributed by atoms with Gasteiger partial charge in [-0.25, -0.2) is 0 Å². The van der Waals surface area contributed by atoms with Crippen molar-refractivity contribution in [3.05, 3.63) is 24.3 Å². The molecule has 0 saturated carbocycles. The molecular weight excluding hydrogens is 250 g/mol. The molecule has 96 valence electrons. The quantitative estimate of drug-likeness (QED) is 0.637. The van der Waals surface area contributed by atoms with Crippen molar-refractivity contribution in [2.45, 2.75) is 11.6 Å². The van der Waals surface area contributed by atoms with Crippen LogP contribution < -0.4 is 10.5 Å². The van der Waals surface area contributed by atoms with Crippen LogP contribution in [0.4, 0.5) is 0 Å². The second-order valence-electron chi connectivity index (χ2n) is 3.59. The maximum atomic E-state index is 5.55. The van der Waals surface area contributed by atoms with Gasteiger partial charge in [-0.2, -0.15) is 0 Å². The number of methoxy groups -OCH3 is 1. The molecule has 1 aromatic carbocycles. The monoisotopic (exact) mass is 265 g/mol. The maximum absolute atomic E-state index is 5.55. The van der Waals surface area contributed by atoms with Crippen LogP contribution in [0.5, 0.6) is 5.75 Å². The van der Waals surface area contributed by atoms with Crippen molar-refractivity contribution >= 4 is 11.8 Å². The molecule has 0 radical (unpaired) electrons. The van der Waals surface area contributed by atoms with Crippen LogP contribution in [-0.2, 0) is 0 Å². The zero-order valence-corrected chi connectivity index (χ0v) is 10.9. The molecule has 2 N–H and O–H groups in total. The predicted octanol–water partition coefficient (Wildman–Crippen LogP) is 2.19. The molecule has 18 heavy (non-hydrogen) atoms. The van der Waals surface area contributed by atoms with Crippen molar-refractivity contribution in [3.63, 3.8) is 0 Å². The van der Waals surface area contributed by atoms with Crippen LogP contribution in [0.25, 0.3) is 11.5 Å². The summed E-state index contributed by atoms with van der Waals surface area (Å²) < 4.78 is 10.6. The van der Waals surface area contributed by atoms with Crippen molar-refractivity contribution in [3.8, 4) is 17.2 Å². The largest absolute Gasteiger partial charge is 0.497 e. The van der Waals surface area contributed by atoms with E-state index in [1.54, 1.807) is 7.11 Å². The van der Waals surface area contributed by atoms with Gasteiger partial charge in [-0.3, -0.25) is 0 Å². The number of hydrogen-bond donors (Lipinski definition) is 1. The summed E-state index contributed by atoms with van der Waals surface area (Å²) in [6.45, 7) is 0.673. The van der Waals surface area contributed by atoms with Crippen molar-refractivity contribution < 1.29 is 9.15 Å². The summed E-state index contributed by atoms with van der Waals surface area (Å²) >= 11 is 1.52. The third kappa shape index (κ3) is 3.24. The normalized spacial score (nSPS) is 10.6.